The summed E-state index contributed by atoms with van der Waals surface area (Å²) in [6.45, 7) is 3.86. The van der Waals surface area contributed by atoms with Gasteiger partial charge in [-0.25, -0.2) is 4.98 Å². The molecular weight excluding hydrogens is 627 g/mol. The summed E-state index contributed by atoms with van der Waals surface area (Å²) in [5, 5.41) is 10.6. The van der Waals surface area contributed by atoms with Gasteiger partial charge in [-0.2, -0.15) is 0 Å². The molecule has 10 heteroatoms. The fraction of sp³-hybridized carbons (Fsp3) is 0.135. The highest BCUT2D eigenvalue weighted by molar-refractivity contribution is 8.00. The molecule has 0 aliphatic heterocycles. The number of aromatic nitrogens is 1. The highest BCUT2D eigenvalue weighted by Gasteiger charge is 2.18. The van der Waals surface area contributed by atoms with Gasteiger partial charge in [0.25, 0.3) is 11.8 Å². The smallest absolute Gasteiger partial charge is 0.272 e. The molecule has 1 atom stereocenters. The second-order valence-corrected chi connectivity index (χ2v) is 13.3. The first-order chi connectivity index (χ1) is 22.6. The van der Waals surface area contributed by atoms with Crippen molar-refractivity contribution in [2.24, 2.45) is 0 Å². The first-order valence-corrected chi connectivity index (χ1v) is 16.7. The van der Waals surface area contributed by atoms with Gasteiger partial charge in [0.05, 0.1) is 10.9 Å². The molecule has 0 fully saturated rings. The molecule has 238 valence electrons. The van der Waals surface area contributed by atoms with Crippen molar-refractivity contribution in [2.75, 3.05) is 29.6 Å². The van der Waals surface area contributed by atoms with Crippen molar-refractivity contribution in [3.63, 3.8) is 0 Å². The molecule has 1 unspecified atom stereocenters. The molecule has 0 bridgehead atoms. The third kappa shape index (κ3) is 9.18. The van der Waals surface area contributed by atoms with E-state index in [1.165, 1.54) is 28.7 Å². The Morgan fingerprint density at radius 1 is 0.872 bits per heavy atom. The SMILES string of the molecule is Cc1ccc(-c2csc(NC(=O)C(C)Sc3cccc(NC(=O)/C(=C\c4ccc(N(C)C)cc4)NC(=O)c4ccccc4)c3)n2)cc1. The number of thiazole rings is 1. The molecule has 0 spiro atoms. The Hall–Kier alpha value is -5.19. The fourth-order valence-electron chi connectivity index (χ4n) is 4.48. The molecule has 4 aromatic carbocycles. The van der Waals surface area contributed by atoms with E-state index in [9.17, 15) is 14.4 Å². The van der Waals surface area contributed by atoms with Gasteiger partial charge in [-0.1, -0.05) is 66.2 Å². The molecule has 3 N–H and O–H groups in total. The number of benzene rings is 4. The van der Waals surface area contributed by atoms with E-state index < -0.39 is 17.1 Å². The average Bonchev–Trinajstić information content (AvgIpc) is 3.53. The van der Waals surface area contributed by atoms with Crippen LogP contribution in [0.5, 0.6) is 0 Å². The lowest BCUT2D eigenvalue weighted by Crippen LogP contribution is -2.30. The van der Waals surface area contributed by atoms with Crippen LogP contribution < -0.4 is 20.9 Å². The third-order valence-electron chi connectivity index (χ3n) is 7.10. The van der Waals surface area contributed by atoms with E-state index in [-0.39, 0.29) is 11.6 Å². The highest BCUT2D eigenvalue weighted by atomic mass is 32.2. The topological polar surface area (TPSA) is 103 Å². The minimum Gasteiger partial charge on any atom is -0.378 e. The maximum Gasteiger partial charge on any atom is 0.272 e. The molecular formula is C37H35N5O3S2. The second-order valence-electron chi connectivity index (χ2n) is 11.0. The van der Waals surface area contributed by atoms with Crippen molar-refractivity contribution in [1.29, 1.82) is 0 Å². The van der Waals surface area contributed by atoms with Crippen LogP contribution in [0.2, 0.25) is 0 Å². The standard InChI is InChI=1S/C37H35N5O3S2/c1-24-13-17-27(18-14-24)33-23-46-37(40-33)41-34(43)25(2)47-31-12-8-11-29(22-31)38-36(45)32(39-35(44)28-9-6-5-7-10-28)21-26-15-19-30(20-16-26)42(3)4/h5-23,25H,1-4H3,(H,38,45)(H,39,44)(H,40,41,43)/b32-21+. The lowest BCUT2D eigenvalue weighted by atomic mass is 10.1. The second kappa shape index (κ2) is 15.4. The molecule has 5 rings (SSSR count). The van der Waals surface area contributed by atoms with E-state index in [4.69, 9.17) is 0 Å². The molecule has 1 aromatic heterocycles. The van der Waals surface area contributed by atoms with Crippen molar-refractivity contribution in [3.05, 3.63) is 131 Å². The van der Waals surface area contributed by atoms with Gasteiger partial charge in [0, 0.05) is 46.9 Å². The zero-order valence-electron chi connectivity index (χ0n) is 26.5. The Balaban J connectivity index is 1.26. The van der Waals surface area contributed by atoms with Crippen molar-refractivity contribution >= 4 is 63.4 Å². The Morgan fingerprint density at radius 3 is 2.30 bits per heavy atom. The first-order valence-electron chi connectivity index (χ1n) is 14.9. The lowest BCUT2D eigenvalue weighted by molar-refractivity contribution is -0.115. The lowest BCUT2D eigenvalue weighted by Gasteiger charge is -2.14. The molecule has 0 radical (unpaired) electrons. The molecule has 8 nitrogen and oxygen atoms in total. The number of hydrogen-bond donors (Lipinski definition) is 3. The van der Waals surface area contributed by atoms with Crippen LogP contribution in [0.3, 0.4) is 0 Å². The third-order valence-corrected chi connectivity index (χ3v) is 8.96. The molecule has 1 heterocycles. The predicted molar refractivity (Wildman–Crippen MR) is 194 cm³/mol. The molecule has 0 aliphatic rings. The number of nitrogens with one attached hydrogen (secondary N) is 3. The summed E-state index contributed by atoms with van der Waals surface area (Å²) in [5.74, 6) is -1.05. The Labute approximate surface area is 282 Å². The van der Waals surface area contributed by atoms with E-state index in [0.29, 0.717) is 16.4 Å². The van der Waals surface area contributed by atoms with Crippen molar-refractivity contribution in [3.8, 4) is 11.3 Å². The predicted octanol–water partition coefficient (Wildman–Crippen LogP) is 7.71. The maximum atomic E-state index is 13.5. The van der Waals surface area contributed by atoms with Gasteiger partial charge >= 0.3 is 0 Å². The quantitative estimate of drug-likeness (QED) is 0.0990. The zero-order chi connectivity index (χ0) is 33.3. The summed E-state index contributed by atoms with van der Waals surface area (Å²) in [6, 6.07) is 31.7. The summed E-state index contributed by atoms with van der Waals surface area (Å²) in [4.78, 5) is 46.9. The van der Waals surface area contributed by atoms with Gasteiger partial charge in [-0.15, -0.1) is 23.1 Å². The van der Waals surface area contributed by atoms with Gasteiger partial charge < -0.3 is 20.9 Å². The van der Waals surface area contributed by atoms with Crippen LogP contribution in [0.15, 0.2) is 119 Å². The minimum atomic E-state index is -0.480. The molecule has 0 aliphatic carbocycles. The number of carbonyl (C=O) groups excluding carboxylic acids is 3. The Morgan fingerprint density at radius 2 is 1.60 bits per heavy atom. The van der Waals surface area contributed by atoms with E-state index in [2.05, 4.69) is 20.9 Å². The van der Waals surface area contributed by atoms with E-state index in [1.807, 2.05) is 105 Å². The van der Waals surface area contributed by atoms with Crippen LogP contribution in [-0.2, 0) is 9.59 Å². The Bertz CT molecular complexity index is 1890. The van der Waals surface area contributed by atoms with E-state index in [0.717, 1.165) is 27.4 Å². The van der Waals surface area contributed by atoms with E-state index in [1.54, 1.807) is 42.5 Å². The van der Waals surface area contributed by atoms with Crippen LogP contribution >= 0.6 is 23.1 Å². The monoisotopic (exact) mass is 661 g/mol. The van der Waals surface area contributed by atoms with Crippen molar-refractivity contribution in [1.82, 2.24) is 10.3 Å². The molecule has 5 aromatic rings. The highest BCUT2D eigenvalue weighted by Crippen LogP contribution is 2.29. The molecule has 47 heavy (non-hydrogen) atoms. The largest absolute Gasteiger partial charge is 0.378 e. The summed E-state index contributed by atoms with van der Waals surface area (Å²) in [7, 11) is 3.90. The van der Waals surface area contributed by atoms with Gasteiger partial charge in [0.2, 0.25) is 5.91 Å². The zero-order valence-corrected chi connectivity index (χ0v) is 28.1. The summed E-state index contributed by atoms with van der Waals surface area (Å²) >= 11 is 2.75. The number of carbonyl (C=O) groups is 3. The minimum absolute atomic E-state index is 0.0933. The van der Waals surface area contributed by atoms with Gasteiger partial charge in [0.15, 0.2) is 5.13 Å². The van der Waals surface area contributed by atoms with Gasteiger partial charge in [0.1, 0.15) is 5.70 Å². The summed E-state index contributed by atoms with van der Waals surface area (Å²) < 4.78 is 0. The number of nitrogens with zero attached hydrogens (tertiary/aromatic N) is 2. The van der Waals surface area contributed by atoms with Gasteiger partial charge in [-0.05, 0) is 68.0 Å². The normalized spacial score (nSPS) is 11.8. The number of hydrogen-bond acceptors (Lipinski definition) is 7. The fourth-order valence-corrected chi connectivity index (χ4v) is 6.13. The average molecular weight is 662 g/mol. The number of amides is 3. The number of rotatable bonds is 11. The number of thioether (sulfide) groups is 1. The summed E-state index contributed by atoms with van der Waals surface area (Å²) in [6.07, 6.45) is 1.64. The molecule has 0 saturated heterocycles. The number of aryl methyl sites for hydroxylation is 1. The van der Waals surface area contributed by atoms with Crippen molar-refractivity contribution < 1.29 is 14.4 Å². The molecule has 3 amide bonds. The van der Waals surface area contributed by atoms with Crippen LogP contribution in [-0.4, -0.2) is 42.1 Å². The first kappa shape index (κ1) is 33.2. The van der Waals surface area contributed by atoms with Gasteiger partial charge in [-0.3, -0.25) is 14.4 Å². The van der Waals surface area contributed by atoms with Crippen LogP contribution in [0.4, 0.5) is 16.5 Å². The van der Waals surface area contributed by atoms with E-state index >= 15 is 0 Å². The van der Waals surface area contributed by atoms with Crippen molar-refractivity contribution in [2.45, 2.75) is 24.0 Å². The van der Waals surface area contributed by atoms with Crippen LogP contribution in [0.25, 0.3) is 17.3 Å². The number of anilines is 3. The Kier molecular flexibility index (Phi) is 10.9. The summed E-state index contributed by atoms with van der Waals surface area (Å²) in [5.41, 5.74) is 5.80. The van der Waals surface area contributed by atoms with Crippen LogP contribution in [0.1, 0.15) is 28.4 Å². The molecule has 0 saturated carbocycles. The van der Waals surface area contributed by atoms with Crippen LogP contribution in [0, 0.1) is 6.92 Å². The maximum absolute atomic E-state index is 13.5.